The quantitative estimate of drug-likeness (QED) is 0.717. The van der Waals surface area contributed by atoms with Gasteiger partial charge in [0.25, 0.3) is 0 Å². The average Bonchev–Trinajstić information content (AvgIpc) is 2.84. The number of carbonyl (C=O) groups excluding carboxylic acids is 1. The normalized spacial score (nSPS) is 23.0. The highest BCUT2D eigenvalue weighted by Crippen LogP contribution is 2.31. The number of aryl methyl sites for hydroxylation is 1. The van der Waals surface area contributed by atoms with Gasteiger partial charge >= 0.3 is 0 Å². The molecule has 1 saturated heterocycles. The molecular formula is C14H20N2O2. The number of carbonyl (C=O) groups is 1. The molecule has 1 aromatic rings. The van der Waals surface area contributed by atoms with Gasteiger partial charge in [-0.25, -0.2) is 0 Å². The van der Waals surface area contributed by atoms with Crippen molar-refractivity contribution in [3.05, 3.63) is 23.8 Å². The minimum absolute atomic E-state index is 0.0695. The van der Waals surface area contributed by atoms with Crippen LogP contribution in [0.25, 0.3) is 0 Å². The molecule has 18 heavy (non-hydrogen) atoms. The number of amides is 1. The van der Waals surface area contributed by atoms with Crippen LogP contribution in [0.5, 0.6) is 5.75 Å². The Morgan fingerprint density at radius 3 is 2.89 bits per heavy atom. The Balaban J connectivity index is 2.13. The first-order valence-electron chi connectivity index (χ1n) is 6.39. The van der Waals surface area contributed by atoms with Gasteiger partial charge in [-0.1, -0.05) is 6.92 Å². The SMILES string of the molecule is CCC1(C(=O)Nc2ccc(O)c(C)c2)CCNC1. The minimum atomic E-state index is -0.286. The van der Waals surface area contributed by atoms with Crippen LogP contribution in [0.3, 0.4) is 0 Å². The van der Waals surface area contributed by atoms with Gasteiger partial charge in [0, 0.05) is 12.2 Å². The maximum Gasteiger partial charge on any atom is 0.231 e. The molecule has 98 valence electrons. The van der Waals surface area contributed by atoms with E-state index in [4.69, 9.17) is 0 Å². The number of phenolic OH excluding ortho intramolecular Hbond substituents is 1. The Bertz CT molecular complexity index is 451. The summed E-state index contributed by atoms with van der Waals surface area (Å²) in [5, 5.41) is 15.7. The molecule has 1 atom stereocenters. The van der Waals surface area contributed by atoms with Crippen LogP contribution in [-0.4, -0.2) is 24.1 Å². The molecule has 1 fully saturated rings. The molecule has 4 nitrogen and oxygen atoms in total. The summed E-state index contributed by atoms with van der Waals surface area (Å²) >= 11 is 0. The van der Waals surface area contributed by atoms with Crippen molar-refractivity contribution in [3.63, 3.8) is 0 Å². The molecule has 1 amide bonds. The Hall–Kier alpha value is -1.55. The monoisotopic (exact) mass is 248 g/mol. The maximum absolute atomic E-state index is 12.4. The van der Waals surface area contributed by atoms with Gasteiger partial charge in [0.15, 0.2) is 0 Å². The van der Waals surface area contributed by atoms with E-state index < -0.39 is 0 Å². The lowest BCUT2D eigenvalue weighted by Gasteiger charge is -2.25. The Morgan fingerprint density at radius 1 is 1.56 bits per heavy atom. The van der Waals surface area contributed by atoms with Crippen molar-refractivity contribution in [1.29, 1.82) is 0 Å². The molecule has 1 aliphatic heterocycles. The third kappa shape index (κ3) is 2.34. The molecule has 2 rings (SSSR count). The van der Waals surface area contributed by atoms with E-state index in [-0.39, 0.29) is 17.1 Å². The van der Waals surface area contributed by atoms with Gasteiger partial charge in [-0.05, 0) is 50.1 Å². The molecule has 0 aromatic heterocycles. The Kier molecular flexibility index (Phi) is 3.57. The Labute approximate surface area is 107 Å². The number of hydrogen-bond donors (Lipinski definition) is 3. The van der Waals surface area contributed by atoms with Crippen molar-refractivity contribution in [2.24, 2.45) is 5.41 Å². The molecule has 1 aromatic carbocycles. The van der Waals surface area contributed by atoms with Crippen LogP contribution in [-0.2, 0) is 4.79 Å². The van der Waals surface area contributed by atoms with Gasteiger partial charge in [-0.15, -0.1) is 0 Å². The molecule has 1 aliphatic rings. The average molecular weight is 248 g/mol. The van der Waals surface area contributed by atoms with E-state index in [0.29, 0.717) is 0 Å². The van der Waals surface area contributed by atoms with E-state index in [1.54, 1.807) is 18.2 Å². The molecule has 4 heteroatoms. The highest BCUT2D eigenvalue weighted by atomic mass is 16.3. The third-order valence-electron chi connectivity index (χ3n) is 3.86. The van der Waals surface area contributed by atoms with Crippen LogP contribution < -0.4 is 10.6 Å². The van der Waals surface area contributed by atoms with E-state index in [0.717, 1.165) is 37.2 Å². The maximum atomic E-state index is 12.4. The highest BCUT2D eigenvalue weighted by Gasteiger charge is 2.39. The molecular weight excluding hydrogens is 228 g/mol. The zero-order valence-corrected chi connectivity index (χ0v) is 10.9. The lowest BCUT2D eigenvalue weighted by molar-refractivity contribution is -0.124. The molecule has 3 N–H and O–H groups in total. The van der Waals surface area contributed by atoms with Crippen molar-refractivity contribution in [3.8, 4) is 5.75 Å². The molecule has 0 aliphatic carbocycles. The summed E-state index contributed by atoms with van der Waals surface area (Å²) in [4.78, 5) is 12.4. The molecule has 0 spiro atoms. The second kappa shape index (κ2) is 4.98. The summed E-state index contributed by atoms with van der Waals surface area (Å²) in [6.07, 6.45) is 1.72. The summed E-state index contributed by atoms with van der Waals surface area (Å²) < 4.78 is 0. The molecule has 0 bridgehead atoms. The number of rotatable bonds is 3. The largest absolute Gasteiger partial charge is 0.508 e. The van der Waals surface area contributed by atoms with Gasteiger partial charge in [-0.2, -0.15) is 0 Å². The second-order valence-electron chi connectivity index (χ2n) is 5.02. The number of anilines is 1. The third-order valence-corrected chi connectivity index (χ3v) is 3.86. The van der Waals surface area contributed by atoms with Gasteiger partial charge in [-0.3, -0.25) is 4.79 Å². The van der Waals surface area contributed by atoms with Gasteiger partial charge in [0.05, 0.1) is 5.41 Å². The van der Waals surface area contributed by atoms with Crippen LogP contribution in [0.1, 0.15) is 25.3 Å². The van der Waals surface area contributed by atoms with E-state index in [1.807, 2.05) is 6.92 Å². The fraction of sp³-hybridized carbons (Fsp3) is 0.500. The summed E-state index contributed by atoms with van der Waals surface area (Å²) in [6, 6.07) is 5.13. The number of phenols is 1. The van der Waals surface area contributed by atoms with Crippen molar-refractivity contribution in [2.45, 2.75) is 26.7 Å². The van der Waals surface area contributed by atoms with Crippen molar-refractivity contribution >= 4 is 11.6 Å². The van der Waals surface area contributed by atoms with Gasteiger partial charge in [0.2, 0.25) is 5.91 Å². The van der Waals surface area contributed by atoms with E-state index in [9.17, 15) is 9.90 Å². The second-order valence-corrected chi connectivity index (χ2v) is 5.02. The highest BCUT2D eigenvalue weighted by molar-refractivity contribution is 5.95. The number of aromatic hydroxyl groups is 1. The van der Waals surface area contributed by atoms with E-state index >= 15 is 0 Å². The fourth-order valence-electron chi connectivity index (χ4n) is 2.40. The van der Waals surface area contributed by atoms with E-state index in [1.165, 1.54) is 0 Å². The van der Waals surface area contributed by atoms with Crippen LogP contribution in [0.4, 0.5) is 5.69 Å². The number of nitrogens with one attached hydrogen (secondary N) is 2. The smallest absolute Gasteiger partial charge is 0.231 e. The van der Waals surface area contributed by atoms with Crippen LogP contribution >= 0.6 is 0 Å². The first kappa shape index (κ1) is 12.9. The van der Waals surface area contributed by atoms with Crippen molar-refractivity contribution in [2.75, 3.05) is 18.4 Å². The van der Waals surface area contributed by atoms with Gasteiger partial charge in [0.1, 0.15) is 5.75 Å². The van der Waals surface area contributed by atoms with E-state index in [2.05, 4.69) is 17.6 Å². The van der Waals surface area contributed by atoms with Crippen LogP contribution in [0.2, 0.25) is 0 Å². The predicted molar refractivity (Wildman–Crippen MR) is 71.7 cm³/mol. The topological polar surface area (TPSA) is 61.4 Å². The van der Waals surface area contributed by atoms with Crippen molar-refractivity contribution in [1.82, 2.24) is 5.32 Å². The zero-order valence-electron chi connectivity index (χ0n) is 10.9. The predicted octanol–water partition coefficient (Wildman–Crippen LogP) is 2.03. The van der Waals surface area contributed by atoms with Crippen LogP contribution in [0.15, 0.2) is 18.2 Å². The lowest BCUT2D eigenvalue weighted by Crippen LogP contribution is -2.37. The summed E-state index contributed by atoms with van der Waals surface area (Å²) in [5.74, 6) is 0.320. The van der Waals surface area contributed by atoms with Gasteiger partial charge < -0.3 is 15.7 Å². The fourth-order valence-corrected chi connectivity index (χ4v) is 2.40. The molecule has 1 heterocycles. The van der Waals surface area contributed by atoms with Crippen LogP contribution in [0, 0.1) is 12.3 Å². The standard InChI is InChI=1S/C14H20N2O2/c1-3-14(6-7-15-9-14)13(18)16-11-4-5-12(17)10(2)8-11/h4-5,8,15,17H,3,6-7,9H2,1-2H3,(H,16,18). The first-order valence-corrected chi connectivity index (χ1v) is 6.39. The zero-order chi connectivity index (χ0) is 13.2. The number of benzene rings is 1. The Morgan fingerprint density at radius 2 is 2.33 bits per heavy atom. The lowest BCUT2D eigenvalue weighted by atomic mass is 9.83. The number of hydrogen-bond acceptors (Lipinski definition) is 3. The molecule has 0 radical (unpaired) electrons. The summed E-state index contributed by atoms with van der Waals surface area (Å²) in [7, 11) is 0. The first-order chi connectivity index (χ1) is 8.57. The summed E-state index contributed by atoms with van der Waals surface area (Å²) in [5.41, 5.74) is 1.23. The molecule has 1 unspecified atom stereocenters. The minimum Gasteiger partial charge on any atom is -0.508 e. The summed E-state index contributed by atoms with van der Waals surface area (Å²) in [6.45, 7) is 5.51. The van der Waals surface area contributed by atoms with Crippen molar-refractivity contribution < 1.29 is 9.90 Å². The molecule has 0 saturated carbocycles.